The Balaban J connectivity index is 2.59. The number of carbonyl (C=O) groups excluding carboxylic acids is 1. The molecule has 0 aliphatic rings. The Morgan fingerprint density at radius 1 is 1.44 bits per heavy atom. The maximum atomic E-state index is 13.1. The quantitative estimate of drug-likeness (QED) is 0.760. The first kappa shape index (κ1) is 14.9. The normalized spacial score (nSPS) is 14.2. The van der Waals surface area contributed by atoms with Crippen LogP contribution in [0.15, 0.2) is 18.2 Å². The summed E-state index contributed by atoms with van der Waals surface area (Å²) in [5, 5.41) is 28.4. The topological polar surface area (TPSA) is 77.8 Å². The van der Waals surface area contributed by atoms with Gasteiger partial charge in [0.25, 0.3) is 0 Å². The van der Waals surface area contributed by atoms with Crippen LogP contribution >= 0.6 is 11.8 Å². The Morgan fingerprint density at radius 3 is 2.67 bits per heavy atom. The summed E-state index contributed by atoms with van der Waals surface area (Å²) in [5.41, 5.74) is 0.186. The average Bonchev–Trinajstić information content (AvgIpc) is 2.31. The van der Waals surface area contributed by atoms with Crippen LogP contribution in [0, 0.1) is 5.82 Å². The molecule has 18 heavy (non-hydrogen) atoms. The van der Waals surface area contributed by atoms with Gasteiger partial charge in [0.1, 0.15) is 6.10 Å². The van der Waals surface area contributed by atoms with Gasteiger partial charge in [-0.2, -0.15) is 0 Å². The number of phenolic OH excluding ortho intramolecular Hbond substituents is 1. The zero-order chi connectivity index (χ0) is 13.7. The number of aliphatic hydroxyl groups is 2. The van der Waals surface area contributed by atoms with E-state index in [1.165, 1.54) is 13.0 Å². The maximum Gasteiger partial charge on any atom is 0.185 e. The van der Waals surface area contributed by atoms with Crippen LogP contribution in [0.1, 0.15) is 25.0 Å². The largest absolute Gasteiger partial charge is 0.505 e. The second-order valence-corrected chi connectivity index (χ2v) is 5.12. The molecule has 1 aromatic rings. The number of hydrogen-bond donors (Lipinski definition) is 3. The van der Waals surface area contributed by atoms with Gasteiger partial charge in [0.15, 0.2) is 16.7 Å². The van der Waals surface area contributed by atoms with Gasteiger partial charge in [-0.05, 0) is 24.1 Å². The molecule has 0 amide bonds. The minimum atomic E-state index is -1.24. The van der Waals surface area contributed by atoms with Crippen LogP contribution in [0.2, 0.25) is 0 Å². The van der Waals surface area contributed by atoms with Crippen LogP contribution in [-0.4, -0.2) is 32.3 Å². The lowest BCUT2D eigenvalue weighted by atomic mass is 10.0. The number of benzene rings is 1. The summed E-state index contributed by atoms with van der Waals surface area (Å²) >= 11 is 1.05. The van der Waals surface area contributed by atoms with E-state index in [0.717, 1.165) is 23.9 Å². The molecule has 0 aliphatic heterocycles. The van der Waals surface area contributed by atoms with Crippen molar-refractivity contribution >= 4 is 16.9 Å². The molecule has 4 nitrogen and oxygen atoms in total. The van der Waals surface area contributed by atoms with Crippen LogP contribution in [0.25, 0.3) is 0 Å². The zero-order valence-corrected chi connectivity index (χ0v) is 10.7. The number of halogens is 1. The Morgan fingerprint density at radius 2 is 2.11 bits per heavy atom. The van der Waals surface area contributed by atoms with Gasteiger partial charge in [-0.25, -0.2) is 4.39 Å². The lowest BCUT2D eigenvalue weighted by molar-refractivity contribution is -0.109. The fourth-order valence-electron chi connectivity index (χ4n) is 1.41. The number of aromatic hydroxyl groups is 1. The van der Waals surface area contributed by atoms with Crippen molar-refractivity contribution in [3.05, 3.63) is 29.6 Å². The molecule has 0 heterocycles. The summed E-state index contributed by atoms with van der Waals surface area (Å²) < 4.78 is 13.1. The maximum absolute atomic E-state index is 13.1. The summed E-state index contributed by atoms with van der Waals surface area (Å²) in [7, 11) is 0. The minimum absolute atomic E-state index is 0.0626. The van der Waals surface area contributed by atoms with Crippen molar-refractivity contribution in [2.75, 3.05) is 5.75 Å². The van der Waals surface area contributed by atoms with E-state index in [1.54, 1.807) is 0 Å². The number of rotatable bonds is 5. The van der Waals surface area contributed by atoms with Crippen LogP contribution in [0.4, 0.5) is 4.39 Å². The van der Waals surface area contributed by atoms with E-state index >= 15 is 0 Å². The van der Waals surface area contributed by atoms with Gasteiger partial charge in [0.05, 0.1) is 6.10 Å². The zero-order valence-electron chi connectivity index (χ0n) is 9.84. The Kier molecular flexibility index (Phi) is 5.58. The molecule has 100 valence electrons. The fraction of sp³-hybridized carbons (Fsp3) is 0.417. The Labute approximate surface area is 108 Å². The van der Waals surface area contributed by atoms with Gasteiger partial charge < -0.3 is 15.3 Å². The predicted octanol–water partition coefficient (Wildman–Crippen LogP) is 1.60. The highest BCUT2D eigenvalue weighted by atomic mass is 32.2. The van der Waals surface area contributed by atoms with Crippen LogP contribution in [0.3, 0.4) is 0 Å². The first-order valence-corrected chi connectivity index (χ1v) is 6.38. The summed E-state index contributed by atoms with van der Waals surface area (Å²) in [4.78, 5) is 10.7. The van der Waals surface area contributed by atoms with Gasteiger partial charge in [-0.3, -0.25) is 4.79 Å². The lowest BCUT2D eigenvalue weighted by Crippen LogP contribution is -2.19. The van der Waals surface area contributed by atoms with Crippen molar-refractivity contribution in [2.24, 2.45) is 0 Å². The van der Waals surface area contributed by atoms with Crippen LogP contribution in [0.5, 0.6) is 5.75 Å². The highest BCUT2D eigenvalue weighted by molar-refractivity contribution is 8.13. The van der Waals surface area contributed by atoms with Crippen molar-refractivity contribution in [1.82, 2.24) is 0 Å². The molecule has 0 fully saturated rings. The van der Waals surface area contributed by atoms with Crippen molar-refractivity contribution in [3.63, 3.8) is 0 Å². The average molecular weight is 274 g/mol. The molecule has 0 saturated heterocycles. The molecule has 0 saturated carbocycles. The van der Waals surface area contributed by atoms with E-state index in [0.29, 0.717) is 5.75 Å². The Hall–Kier alpha value is -1.11. The molecule has 2 unspecified atom stereocenters. The summed E-state index contributed by atoms with van der Waals surface area (Å²) in [6.07, 6.45) is -2.11. The third-order valence-electron chi connectivity index (χ3n) is 2.40. The molecule has 0 bridgehead atoms. The third kappa shape index (κ3) is 4.29. The van der Waals surface area contributed by atoms with Crippen molar-refractivity contribution in [1.29, 1.82) is 0 Å². The monoisotopic (exact) mass is 274 g/mol. The number of hydrogen-bond acceptors (Lipinski definition) is 5. The molecule has 0 aromatic heterocycles. The first-order chi connectivity index (χ1) is 8.41. The lowest BCUT2D eigenvalue weighted by Gasteiger charge is -2.18. The Bertz CT molecular complexity index is 425. The highest BCUT2D eigenvalue weighted by Gasteiger charge is 2.19. The highest BCUT2D eigenvalue weighted by Crippen LogP contribution is 2.24. The van der Waals surface area contributed by atoms with E-state index in [-0.39, 0.29) is 17.1 Å². The predicted molar refractivity (Wildman–Crippen MR) is 66.8 cm³/mol. The SMILES string of the molecule is CC(=O)SCCC(O)C(O)c1ccc(O)c(F)c1. The number of aliphatic hydroxyl groups excluding tert-OH is 2. The van der Waals surface area contributed by atoms with Crippen molar-refractivity contribution in [3.8, 4) is 5.75 Å². The molecule has 1 rings (SSSR count). The van der Waals surface area contributed by atoms with Gasteiger partial charge in [0, 0.05) is 12.7 Å². The molecule has 3 N–H and O–H groups in total. The van der Waals surface area contributed by atoms with Crippen LogP contribution in [-0.2, 0) is 4.79 Å². The number of phenols is 1. The standard InChI is InChI=1S/C12H15FO4S/c1-7(14)18-5-4-11(16)12(17)8-2-3-10(15)9(13)6-8/h2-3,6,11-12,15-17H,4-5H2,1H3. The second kappa shape index (κ2) is 6.72. The molecular formula is C12H15FO4S. The van der Waals surface area contributed by atoms with Crippen LogP contribution < -0.4 is 0 Å². The molecule has 0 radical (unpaired) electrons. The van der Waals surface area contributed by atoms with E-state index in [1.807, 2.05) is 0 Å². The second-order valence-electron chi connectivity index (χ2n) is 3.85. The minimum Gasteiger partial charge on any atom is -0.505 e. The van der Waals surface area contributed by atoms with Crippen molar-refractivity contribution in [2.45, 2.75) is 25.6 Å². The van der Waals surface area contributed by atoms with Gasteiger partial charge in [-0.15, -0.1) is 0 Å². The van der Waals surface area contributed by atoms with E-state index in [2.05, 4.69) is 0 Å². The van der Waals surface area contributed by atoms with Gasteiger partial charge in [-0.1, -0.05) is 17.8 Å². The van der Waals surface area contributed by atoms with E-state index in [9.17, 15) is 19.4 Å². The first-order valence-electron chi connectivity index (χ1n) is 5.39. The fourth-order valence-corrected chi connectivity index (χ4v) is 2.06. The molecule has 6 heteroatoms. The molecular weight excluding hydrogens is 259 g/mol. The summed E-state index contributed by atoms with van der Waals surface area (Å²) in [5.74, 6) is -0.974. The molecule has 0 aliphatic carbocycles. The number of carbonyl (C=O) groups is 1. The number of thioether (sulfide) groups is 1. The van der Waals surface area contributed by atoms with E-state index < -0.39 is 23.8 Å². The molecule has 0 spiro atoms. The van der Waals surface area contributed by atoms with Gasteiger partial charge in [0.2, 0.25) is 0 Å². The van der Waals surface area contributed by atoms with Crippen molar-refractivity contribution < 1.29 is 24.5 Å². The van der Waals surface area contributed by atoms with Gasteiger partial charge >= 0.3 is 0 Å². The van der Waals surface area contributed by atoms with E-state index in [4.69, 9.17) is 5.11 Å². The summed E-state index contributed by atoms with van der Waals surface area (Å²) in [6.45, 7) is 1.42. The third-order valence-corrected chi connectivity index (χ3v) is 3.24. The molecule has 2 atom stereocenters. The molecule has 1 aromatic carbocycles. The smallest absolute Gasteiger partial charge is 0.185 e. The summed E-state index contributed by atoms with van der Waals surface area (Å²) in [6, 6.07) is 3.43.